The lowest BCUT2D eigenvalue weighted by Crippen LogP contribution is -2.50. The maximum atomic E-state index is 13.5. The number of aliphatic hydroxyl groups excluding tert-OH is 1. The smallest absolute Gasteiger partial charge is 0.228 e. The molecule has 4 heterocycles. The molecule has 4 saturated heterocycles. The van der Waals surface area contributed by atoms with Gasteiger partial charge in [-0.15, -0.1) is 0 Å². The van der Waals surface area contributed by atoms with E-state index in [4.69, 9.17) is 0 Å². The molecule has 1 saturated carbocycles. The number of hydrogen-bond acceptors (Lipinski definition) is 6. The van der Waals surface area contributed by atoms with E-state index >= 15 is 0 Å². The predicted octanol–water partition coefficient (Wildman–Crippen LogP) is 2.05. The average molecular weight is 511 g/mol. The van der Waals surface area contributed by atoms with Crippen molar-refractivity contribution < 1.29 is 18.3 Å². The first-order valence-electron chi connectivity index (χ1n) is 14.2. The molecule has 8 nitrogen and oxygen atoms in total. The van der Waals surface area contributed by atoms with Crippen LogP contribution in [0.2, 0.25) is 0 Å². The first-order valence-corrected chi connectivity index (χ1v) is 15.7. The van der Waals surface area contributed by atoms with Crippen molar-refractivity contribution in [3.05, 3.63) is 0 Å². The van der Waals surface area contributed by atoms with Crippen LogP contribution in [0.1, 0.15) is 71.6 Å². The summed E-state index contributed by atoms with van der Waals surface area (Å²) in [4.78, 5) is 15.5. The Labute approximate surface area is 211 Å². The van der Waals surface area contributed by atoms with Gasteiger partial charge in [-0.1, -0.05) is 6.92 Å². The number of hydrazine groups is 1. The molecule has 5 fully saturated rings. The summed E-state index contributed by atoms with van der Waals surface area (Å²) in [5, 5.41) is 11.6. The van der Waals surface area contributed by atoms with E-state index in [-0.39, 0.29) is 41.7 Å². The van der Waals surface area contributed by atoms with E-state index in [0.29, 0.717) is 37.4 Å². The number of nitrogens with one attached hydrogen (secondary N) is 1. The first-order chi connectivity index (χ1) is 16.8. The zero-order valence-electron chi connectivity index (χ0n) is 21.6. The summed E-state index contributed by atoms with van der Waals surface area (Å²) in [6.07, 6.45) is 8.64. The SMILES string of the molecule is CC1CCC(S(=O)(=O)N2CCC(C3CCN4NC(C)C(C(=O)N5CCC(CO)C5)C4C3)CC2)CC1. The molecule has 1 amide bonds. The number of nitrogens with zero attached hydrogens (tertiary/aromatic N) is 3. The standard InChI is InChI=1S/C26H46N4O4S/c1-18-3-5-23(6-4-18)35(33,34)29-12-8-21(9-13-29)22-10-14-30-24(15-22)25(19(2)27-30)26(32)28-11-7-20(16-28)17-31/h18-25,27,31H,3-17H2,1-2H3. The van der Waals surface area contributed by atoms with Crippen LogP contribution in [-0.2, 0) is 14.8 Å². The lowest BCUT2D eigenvalue weighted by molar-refractivity contribution is -0.136. The average Bonchev–Trinajstić information content (AvgIpc) is 3.47. The van der Waals surface area contributed by atoms with Crippen molar-refractivity contribution in [3.8, 4) is 0 Å². The summed E-state index contributed by atoms with van der Waals surface area (Å²) in [5.74, 6) is 2.19. The monoisotopic (exact) mass is 510 g/mol. The molecule has 5 rings (SSSR count). The zero-order chi connectivity index (χ0) is 24.7. The molecule has 0 aromatic carbocycles. The summed E-state index contributed by atoms with van der Waals surface area (Å²) in [5.41, 5.74) is 3.57. The topological polar surface area (TPSA) is 93.2 Å². The van der Waals surface area contributed by atoms with Gasteiger partial charge in [-0.3, -0.25) is 10.2 Å². The van der Waals surface area contributed by atoms with Crippen molar-refractivity contribution in [1.82, 2.24) is 19.6 Å². The van der Waals surface area contributed by atoms with Crippen LogP contribution in [0.25, 0.3) is 0 Å². The molecule has 5 unspecified atom stereocenters. The lowest BCUT2D eigenvalue weighted by atomic mass is 9.74. The largest absolute Gasteiger partial charge is 0.396 e. The molecule has 5 atom stereocenters. The van der Waals surface area contributed by atoms with Crippen molar-refractivity contribution in [2.24, 2.45) is 29.6 Å². The van der Waals surface area contributed by atoms with Crippen molar-refractivity contribution in [3.63, 3.8) is 0 Å². The van der Waals surface area contributed by atoms with E-state index < -0.39 is 10.0 Å². The van der Waals surface area contributed by atoms with Crippen LogP contribution >= 0.6 is 0 Å². The minimum Gasteiger partial charge on any atom is -0.396 e. The highest BCUT2D eigenvalue weighted by atomic mass is 32.2. The van der Waals surface area contributed by atoms with E-state index in [9.17, 15) is 18.3 Å². The van der Waals surface area contributed by atoms with E-state index in [1.807, 2.05) is 4.90 Å². The number of rotatable bonds is 5. The van der Waals surface area contributed by atoms with Gasteiger partial charge in [-0.25, -0.2) is 17.7 Å². The van der Waals surface area contributed by atoms with E-state index in [2.05, 4.69) is 24.3 Å². The normalized spacial score (nSPS) is 40.2. The maximum absolute atomic E-state index is 13.5. The first kappa shape index (κ1) is 25.9. The summed E-state index contributed by atoms with van der Waals surface area (Å²) in [6, 6.07) is 0.347. The Balaban J connectivity index is 1.18. The van der Waals surface area contributed by atoms with Gasteiger partial charge in [0.05, 0.1) is 11.2 Å². The predicted molar refractivity (Wildman–Crippen MR) is 136 cm³/mol. The van der Waals surface area contributed by atoms with Crippen molar-refractivity contribution in [2.75, 3.05) is 39.3 Å². The second-order valence-corrected chi connectivity index (χ2v) is 14.5. The number of carbonyl (C=O) groups is 1. The van der Waals surface area contributed by atoms with Gasteiger partial charge < -0.3 is 10.0 Å². The summed E-state index contributed by atoms with van der Waals surface area (Å²) < 4.78 is 28.3. The Kier molecular flexibility index (Phi) is 7.81. The van der Waals surface area contributed by atoms with Crippen LogP contribution in [0.4, 0.5) is 0 Å². The molecule has 200 valence electrons. The highest BCUT2D eigenvalue weighted by molar-refractivity contribution is 7.89. The molecule has 35 heavy (non-hydrogen) atoms. The van der Waals surface area contributed by atoms with Crippen molar-refractivity contribution >= 4 is 15.9 Å². The van der Waals surface area contributed by atoms with Gasteiger partial charge in [0.1, 0.15) is 0 Å². The van der Waals surface area contributed by atoms with Gasteiger partial charge in [-0.05, 0) is 82.5 Å². The molecule has 5 aliphatic rings. The van der Waals surface area contributed by atoms with Gasteiger partial charge in [0.15, 0.2) is 0 Å². The third kappa shape index (κ3) is 5.17. The zero-order valence-corrected chi connectivity index (χ0v) is 22.5. The number of aliphatic hydroxyl groups is 1. The Bertz CT molecular complexity index is 853. The number of hydrogen-bond donors (Lipinski definition) is 2. The number of fused-ring (bicyclic) bond motifs is 1. The van der Waals surface area contributed by atoms with E-state index in [1.165, 1.54) is 0 Å². The molecule has 1 aliphatic carbocycles. The summed E-state index contributed by atoms with van der Waals surface area (Å²) >= 11 is 0. The van der Waals surface area contributed by atoms with Crippen molar-refractivity contribution in [1.29, 1.82) is 0 Å². The highest BCUT2D eigenvalue weighted by Crippen LogP contribution is 2.41. The molecule has 0 bridgehead atoms. The molecule has 2 N–H and O–H groups in total. The Hall–Kier alpha value is -0.740. The third-order valence-corrected chi connectivity index (χ3v) is 12.5. The minimum absolute atomic E-state index is 0.0376. The molecule has 0 aromatic heterocycles. The van der Waals surface area contributed by atoms with Crippen LogP contribution in [0.15, 0.2) is 0 Å². The van der Waals surface area contributed by atoms with Gasteiger partial charge in [0, 0.05) is 57.3 Å². The Morgan fingerprint density at radius 2 is 1.60 bits per heavy atom. The maximum Gasteiger partial charge on any atom is 0.228 e. The number of amides is 1. The van der Waals surface area contributed by atoms with Crippen LogP contribution in [0, 0.1) is 29.6 Å². The van der Waals surface area contributed by atoms with E-state index in [1.54, 1.807) is 4.31 Å². The fourth-order valence-corrected chi connectivity index (χ4v) is 9.75. The number of carbonyl (C=O) groups excluding carboxylic acids is 1. The van der Waals surface area contributed by atoms with Crippen LogP contribution in [0.3, 0.4) is 0 Å². The molecule has 0 spiro atoms. The molecule has 0 radical (unpaired) electrons. The van der Waals surface area contributed by atoms with Crippen LogP contribution in [0.5, 0.6) is 0 Å². The fourth-order valence-electron chi connectivity index (χ4n) is 7.74. The fraction of sp³-hybridized carbons (Fsp3) is 0.962. The molecular weight excluding hydrogens is 464 g/mol. The Morgan fingerprint density at radius 3 is 2.26 bits per heavy atom. The van der Waals surface area contributed by atoms with Gasteiger partial charge in [-0.2, -0.15) is 0 Å². The van der Waals surface area contributed by atoms with Crippen LogP contribution in [-0.4, -0.2) is 90.3 Å². The second kappa shape index (κ2) is 10.6. The number of likely N-dealkylation sites (tertiary alicyclic amines) is 1. The lowest BCUT2D eigenvalue weighted by Gasteiger charge is -2.43. The van der Waals surface area contributed by atoms with Crippen LogP contribution < -0.4 is 5.43 Å². The second-order valence-electron chi connectivity index (χ2n) is 12.3. The molecule has 0 aromatic rings. The van der Waals surface area contributed by atoms with E-state index in [0.717, 1.165) is 70.9 Å². The van der Waals surface area contributed by atoms with Gasteiger partial charge in [0.25, 0.3) is 0 Å². The molecule has 4 aliphatic heterocycles. The van der Waals surface area contributed by atoms with Gasteiger partial charge in [0.2, 0.25) is 15.9 Å². The number of sulfonamides is 1. The highest BCUT2D eigenvalue weighted by Gasteiger charge is 2.49. The summed E-state index contributed by atoms with van der Waals surface area (Å²) in [6.45, 7) is 8.25. The molecule has 9 heteroatoms. The number of piperidine rings is 2. The quantitative estimate of drug-likeness (QED) is 0.588. The minimum atomic E-state index is -3.17. The Morgan fingerprint density at radius 1 is 0.914 bits per heavy atom. The summed E-state index contributed by atoms with van der Waals surface area (Å²) in [7, 11) is -3.17. The van der Waals surface area contributed by atoms with Crippen molar-refractivity contribution in [2.45, 2.75) is 89.0 Å². The molecular formula is C26H46N4O4S. The third-order valence-electron chi connectivity index (χ3n) is 10.1. The van der Waals surface area contributed by atoms with Gasteiger partial charge >= 0.3 is 0 Å².